The molecular weight excluding hydrogens is 417 g/mol. The van der Waals surface area contributed by atoms with Gasteiger partial charge in [-0.05, 0) is 42.8 Å². The minimum Gasteiger partial charge on any atom is -0.381 e. The second-order valence-corrected chi connectivity index (χ2v) is 8.39. The van der Waals surface area contributed by atoms with E-state index in [9.17, 15) is 4.79 Å². The molecule has 4 aromatic rings. The zero-order valence-electron chi connectivity index (χ0n) is 14.6. The highest BCUT2D eigenvalue weighted by Gasteiger charge is 2.24. The normalized spacial score (nSPS) is 16.5. The number of carbonyl (C=O) groups excluding carboxylic acids is 1. The first kappa shape index (κ1) is 17.6. The zero-order valence-corrected chi connectivity index (χ0v) is 16.9. The Hall–Kier alpha value is -2.48. The number of fused-ring (bicyclic) bond motifs is 5. The molecule has 28 heavy (non-hydrogen) atoms. The summed E-state index contributed by atoms with van der Waals surface area (Å²) in [5.41, 5.74) is 2.88. The molecule has 0 aliphatic carbocycles. The lowest BCUT2D eigenvalue weighted by Gasteiger charge is -2.10. The molecule has 1 aliphatic heterocycles. The van der Waals surface area contributed by atoms with E-state index >= 15 is 0 Å². The molecule has 5 rings (SSSR count). The first-order valence-corrected chi connectivity index (χ1v) is 10.2. The number of benzene rings is 1. The monoisotopic (exact) mass is 429 g/mol. The number of pyridine rings is 1. The fourth-order valence-corrected chi connectivity index (χ4v) is 4.90. The van der Waals surface area contributed by atoms with Crippen molar-refractivity contribution >= 4 is 67.1 Å². The molecule has 0 unspecified atom stereocenters. The van der Waals surface area contributed by atoms with Crippen LogP contribution in [0.4, 0.5) is 5.69 Å². The summed E-state index contributed by atoms with van der Waals surface area (Å²) < 4.78 is 1.04. The lowest BCUT2D eigenvalue weighted by molar-refractivity contribution is 0.0949. The topological polar surface area (TPSA) is 79.8 Å². The Labute approximate surface area is 173 Å². The van der Waals surface area contributed by atoms with E-state index in [0.29, 0.717) is 22.8 Å². The van der Waals surface area contributed by atoms with Crippen molar-refractivity contribution in [2.75, 3.05) is 11.9 Å². The molecule has 0 fully saturated rings. The molecule has 2 N–H and O–H groups in total. The molecule has 3 aromatic heterocycles. The standard InChI is InChI=1S/C19H13Cl2N5OS/c1-8-7-22-16-15-9-2-3-11(12-6-14(20)26-19(21)25-12)24-10(9)4-5-13(15)28-17(16)18(27)23-8/h2-6,8,22H,7H2,1H3,(H,23,27)/t8-/m1/s1. The van der Waals surface area contributed by atoms with Crippen LogP contribution in [0.25, 0.3) is 32.4 Å². The molecule has 0 saturated heterocycles. The van der Waals surface area contributed by atoms with Crippen molar-refractivity contribution in [3.05, 3.63) is 45.6 Å². The van der Waals surface area contributed by atoms with Crippen LogP contribution < -0.4 is 10.6 Å². The van der Waals surface area contributed by atoms with Gasteiger partial charge in [-0.3, -0.25) is 4.79 Å². The van der Waals surface area contributed by atoms with Gasteiger partial charge >= 0.3 is 0 Å². The van der Waals surface area contributed by atoms with Crippen molar-refractivity contribution in [1.82, 2.24) is 20.3 Å². The average molecular weight is 430 g/mol. The van der Waals surface area contributed by atoms with Crippen LogP contribution in [0, 0.1) is 0 Å². The molecule has 9 heteroatoms. The van der Waals surface area contributed by atoms with E-state index < -0.39 is 0 Å². The second kappa shape index (κ2) is 6.55. The average Bonchev–Trinajstić information content (AvgIpc) is 2.98. The minimum absolute atomic E-state index is 0.0447. The Bertz CT molecular complexity index is 1250. The Kier molecular flexibility index (Phi) is 4.12. The first-order valence-electron chi connectivity index (χ1n) is 8.61. The summed E-state index contributed by atoms with van der Waals surface area (Å²) >= 11 is 13.4. The van der Waals surface area contributed by atoms with Crippen LogP contribution in [0.15, 0.2) is 30.3 Å². The molecule has 0 saturated carbocycles. The molecule has 140 valence electrons. The van der Waals surface area contributed by atoms with Crippen LogP contribution in [0.1, 0.15) is 16.6 Å². The van der Waals surface area contributed by atoms with Gasteiger partial charge in [-0.25, -0.2) is 15.0 Å². The molecule has 1 aliphatic rings. The van der Waals surface area contributed by atoms with Gasteiger partial charge in [0, 0.05) is 34.1 Å². The number of thiophene rings is 1. The fourth-order valence-electron chi connectivity index (χ4n) is 3.39. The molecule has 6 nitrogen and oxygen atoms in total. The molecule has 0 radical (unpaired) electrons. The summed E-state index contributed by atoms with van der Waals surface area (Å²) in [5, 5.41) is 8.75. The van der Waals surface area contributed by atoms with Gasteiger partial charge in [0.1, 0.15) is 10.0 Å². The lowest BCUT2D eigenvalue weighted by Crippen LogP contribution is -2.34. The van der Waals surface area contributed by atoms with E-state index in [1.165, 1.54) is 11.3 Å². The number of hydrogen-bond donors (Lipinski definition) is 2. The highest BCUT2D eigenvalue weighted by molar-refractivity contribution is 7.21. The third-order valence-corrected chi connectivity index (χ3v) is 6.14. The second-order valence-electron chi connectivity index (χ2n) is 6.61. The maximum absolute atomic E-state index is 12.5. The van der Waals surface area contributed by atoms with Gasteiger partial charge in [0.25, 0.3) is 5.91 Å². The number of halogens is 2. The number of aromatic nitrogens is 3. The number of nitrogens with zero attached hydrogens (tertiary/aromatic N) is 3. The van der Waals surface area contributed by atoms with Crippen LogP contribution in [0.3, 0.4) is 0 Å². The van der Waals surface area contributed by atoms with Crippen LogP contribution in [-0.4, -0.2) is 33.4 Å². The molecule has 0 bridgehead atoms. The predicted octanol–water partition coefficient (Wildman–Crippen LogP) is 4.76. The van der Waals surface area contributed by atoms with Crippen molar-refractivity contribution in [2.24, 2.45) is 0 Å². The fraction of sp³-hybridized carbons (Fsp3) is 0.158. The Morgan fingerprint density at radius 1 is 1.11 bits per heavy atom. The van der Waals surface area contributed by atoms with Crippen molar-refractivity contribution in [3.63, 3.8) is 0 Å². The maximum atomic E-state index is 12.5. The smallest absolute Gasteiger partial charge is 0.263 e. The van der Waals surface area contributed by atoms with E-state index in [2.05, 4.69) is 20.6 Å². The van der Waals surface area contributed by atoms with Crippen molar-refractivity contribution in [3.8, 4) is 11.4 Å². The molecule has 4 heterocycles. The van der Waals surface area contributed by atoms with Crippen LogP contribution in [-0.2, 0) is 0 Å². The van der Waals surface area contributed by atoms with E-state index in [0.717, 1.165) is 26.7 Å². The van der Waals surface area contributed by atoms with Gasteiger partial charge in [-0.2, -0.15) is 0 Å². The van der Waals surface area contributed by atoms with E-state index in [1.807, 2.05) is 31.2 Å². The number of carbonyl (C=O) groups is 1. The number of amides is 1. The van der Waals surface area contributed by atoms with Gasteiger partial charge in [0.2, 0.25) is 5.28 Å². The highest BCUT2D eigenvalue weighted by atomic mass is 35.5. The Morgan fingerprint density at radius 2 is 1.96 bits per heavy atom. The van der Waals surface area contributed by atoms with Gasteiger partial charge in [0.15, 0.2) is 0 Å². The molecule has 1 amide bonds. The largest absolute Gasteiger partial charge is 0.381 e. The highest BCUT2D eigenvalue weighted by Crippen LogP contribution is 2.41. The van der Waals surface area contributed by atoms with Gasteiger partial charge in [0.05, 0.1) is 22.6 Å². The van der Waals surface area contributed by atoms with Crippen LogP contribution in [0.2, 0.25) is 10.4 Å². The number of anilines is 1. The van der Waals surface area contributed by atoms with Crippen molar-refractivity contribution in [1.29, 1.82) is 0 Å². The Balaban J connectivity index is 1.72. The maximum Gasteiger partial charge on any atom is 0.263 e. The van der Waals surface area contributed by atoms with E-state index in [4.69, 9.17) is 28.2 Å². The number of hydrogen-bond acceptors (Lipinski definition) is 6. The van der Waals surface area contributed by atoms with Crippen LogP contribution >= 0.6 is 34.5 Å². The molecule has 1 aromatic carbocycles. The van der Waals surface area contributed by atoms with Crippen molar-refractivity contribution in [2.45, 2.75) is 13.0 Å². The van der Waals surface area contributed by atoms with Gasteiger partial charge in [-0.15, -0.1) is 11.3 Å². The SMILES string of the molecule is C[C@@H]1CNc2c(sc3ccc4nc(-c5cc(Cl)nc(Cl)n5)ccc4c23)C(=O)N1. The van der Waals surface area contributed by atoms with Gasteiger partial charge in [-0.1, -0.05) is 11.6 Å². The Morgan fingerprint density at radius 3 is 2.79 bits per heavy atom. The third kappa shape index (κ3) is 2.87. The van der Waals surface area contributed by atoms with Crippen molar-refractivity contribution < 1.29 is 4.79 Å². The molecule has 1 atom stereocenters. The summed E-state index contributed by atoms with van der Waals surface area (Å²) in [7, 11) is 0. The summed E-state index contributed by atoms with van der Waals surface area (Å²) in [5.74, 6) is -0.0447. The summed E-state index contributed by atoms with van der Waals surface area (Å²) in [6, 6.07) is 9.50. The third-order valence-electron chi connectivity index (χ3n) is 4.62. The summed E-state index contributed by atoms with van der Waals surface area (Å²) in [6.45, 7) is 2.65. The van der Waals surface area contributed by atoms with E-state index in [-0.39, 0.29) is 22.4 Å². The minimum atomic E-state index is -0.0447. The van der Waals surface area contributed by atoms with Crippen LogP contribution in [0.5, 0.6) is 0 Å². The summed E-state index contributed by atoms with van der Waals surface area (Å²) in [4.78, 5) is 26.0. The van der Waals surface area contributed by atoms with Gasteiger partial charge < -0.3 is 10.6 Å². The number of nitrogens with one attached hydrogen (secondary N) is 2. The quantitative estimate of drug-likeness (QED) is 0.336. The molecule has 0 spiro atoms. The lowest BCUT2D eigenvalue weighted by atomic mass is 10.1. The number of rotatable bonds is 1. The van der Waals surface area contributed by atoms with E-state index in [1.54, 1.807) is 6.07 Å². The molecular formula is C19H13Cl2N5OS. The first-order chi connectivity index (χ1) is 13.5. The summed E-state index contributed by atoms with van der Waals surface area (Å²) in [6.07, 6.45) is 0. The predicted molar refractivity (Wildman–Crippen MR) is 114 cm³/mol. The zero-order chi connectivity index (χ0) is 19.4.